The number of nitrogens with one attached hydrogen (secondary N) is 2. The minimum atomic E-state index is -4.35. The normalized spacial score (nSPS) is 11.8. The first-order valence-electron chi connectivity index (χ1n) is 8.14. The van der Waals surface area contributed by atoms with E-state index in [4.69, 9.17) is 0 Å². The number of esters is 1. The molecule has 0 aliphatic rings. The summed E-state index contributed by atoms with van der Waals surface area (Å²) in [6.45, 7) is -0.195. The number of nitrogens with zero attached hydrogens (tertiary/aromatic N) is 1. The van der Waals surface area contributed by atoms with Crippen LogP contribution in [0.5, 0.6) is 5.75 Å². The van der Waals surface area contributed by atoms with Gasteiger partial charge < -0.3 is 20.1 Å². The second kappa shape index (κ2) is 11.2. The number of methoxy groups -OCH3 is 1. The largest absolute Gasteiger partial charge is 0.484 e. The van der Waals surface area contributed by atoms with Crippen LogP contribution in [0.2, 0.25) is 0 Å². The maximum Gasteiger partial charge on any atom is 0.422 e. The number of carbonyl (C=O) groups excluding carboxylic acids is 1. The van der Waals surface area contributed by atoms with Crippen molar-refractivity contribution in [2.24, 2.45) is 4.99 Å². The number of benzene rings is 1. The third kappa shape index (κ3) is 9.75. The zero-order chi connectivity index (χ0) is 19.4. The highest BCUT2D eigenvalue weighted by Gasteiger charge is 2.28. The molecule has 0 aliphatic carbocycles. The summed E-state index contributed by atoms with van der Waals surface area (Å²) in [5, 5.41) is 6.22. The third-order valence-corrected chi connectivity index (χ3v) is 3.34. The Labute approximate surface area is 150 Å². The monoisotopic (exact) mass is 375 g/mol. The molecule has 6 nitrogen and oxygen atoms in total. The topological polar surface area (TPSA) is 72.0 Å². The maximum absolute atomic E-state index is 12.1. The first-order valence-corrected chi connectivity index (χ1v) is 8.14. The SMILES string of the molecule is CN=C(NCCCCC(=O)OC)NCc1ccc(OCC(F)(F)F)cc1. The number of carbonyl (C=O) groups is 1. The summed E-state index contributed by atoms with van der Waals surface area (Å²) in [4.78, 5) is 15.1. The second-order valence-electron chi connectivity index (χ2n) is 5.43. The van der Waals surface area contributed by atoms with Crippen LogP contribution in [0, 0.1) is 0 Å². The fraction of sp³-hybridized carbons (Fsp3) is 0.529. The number of aliphatic imine (C=N–C) groups is 1. The first kappa shape index (κ1) is 21.6. The van der Waals surface area contributed by atoms with Crippen molar-refractivity contribution in [3.8, 4) is 5.75 Å². The van der Waals surface area contributed by atoms with Crippen molar-refractivity contribution in [3.63, 3.8) is 0 Å². The third-order valence-electron chi connectivity index (χ3n) is 3.34. The summed E-state index contributed by atoms with van der Waals surface area (Å²) in [5.41, 5.74) is 0.873. The molecule has 0 spiro atoms. The van der Waals surface area contributed by atoms with Gasteiger partial charge in [-0.25, -0.2) is 0 Å². The van der Waals surface area contributed by atoms with Gasteiger partial charge in [-0.15, -0.1) is 0 Å². The van der Waals surface area contributed by atoms with Crippen molar-refractivity contribution < 1.29 is 27.4 Å². The Hall–Kier alpha value is -2.45. The molecule has 0 amide bonds. The second-order valence-corrected chi connectivity index (χ2v) is 5.43. The Bertz CT molecular complexity index is 575. The molecular formula is C17H24F3N3O3. The van der Waals surface area contributed by atoms with Crippen molar-refractivity contribution in [1.29, 1.82) is 0 Å². The van der Waals surface area contributed by atoms with E-state index in [1.54, 1.807) is 19.2 Å². The molecule has 0 heterocycles. The van der Waals surface area contributed by atoms with Gasteiger partial charge in [0.05, 0.1) is 7.11 Å². The number of ether oxygens (including phenoxy) is 2. The summed E-state index contributed by atoms with van der Waals surface area (Å²) >= 11 is 0. The van der Waals surface area contributed by atoms with Gasteiger partial charge in [-0.05, 0) is 30.5 Å². The van der Waals surface area contributed by atoms with E-state index in [0.717, 1.165) is 18.4 Å². The smallest absolute Gasteiger partial charge is 0.422 e. The molecular weight excluding hydrogens is 351 g/mol. The van der Waals surface area contributed by atoms with Gasteiger partial charge >= 0.3 is 12.1 Å². The molecule has 9 heteroatoms. The number of hydrogen-bond donors (Lipinski definition) is 2. The Kier molecular flexibility index (Phi) is 9.32. The number of hydrogen-bond acceptors (Lipinski definition) is 4. The van der Waals surface area contributed by atoms with E-state index in [0.29, 0.717) is 25.5 Å². The van der Waals surface area contributed by atoms with Crippen LogP contribution in [-0.2, 0) is 16.1 Å². The van der Waals surface area contributed by atoms with Gasteiger partial charge in [0.15, 0.2) is 12.6 Å². The minimum absolute atomic E-state index is 0.166. The average Bonchev–Trinajstić information content (AvgIpc) is 2.62. The molecule has 1 rings (SSSR count). The minimum Gasteiger partial charge on any atom is -0.484 e. The highest BCUT2D eigenvalue weighted by molar-refractivity contribution is 5.79. The van der Waals surface area contributed by atoms with Crippen LogP contribution in [0.1, 0.15) is 24.8 Å². The van der Waals surface area contributed by atoms with E-state index in [1.165, 1.54) is 19.2 Å². The quantitative estimate of drug-likeness (QED) is 0.301. The first-order chi connectivity index (χ1) is 12.3. The molecule has 26 heavy (non-hydrogen) atoms. The van der Waals surface area contributed by atoms with Crippen LogP contribution in [-0.4, -0.2) is 45.4 Å². The zero-order valence-electron chi connectivity index (χ0n) is 14.9. The van der Waals surface area contributed by atoms with E-state index in [2.05, 4.69) is 25.1 Å². The predicted octanol–water partition coefficient (Wildman–Crippen LogP) is 2.64. The molecule has 146 valence electrons. The highest BCUT2D eigenvalue weighted by atomic mass is 19.4. The molecule has 0 aliphatic heterocycles. The summed E-state index contributed by atoms with van der Waals surface area (Å²) in [6, 6.07) is 6.35. The Morgan fingerprint density at radius 2 is 1.85 bits per heavy atom. The molecule has 0 saturated carbocycles. The van der Waals surface area contributed by atoms with Gasteiger partial charge in [0.25, 0.3) is 0 Å². The molecule has 2 N–H and O–H groups in total. The predicted molar refractivity (Wildman–Crippen MR) is 92.1 cm³/mol. The van der Waals surface area contributed by atoms with Gasteiger partial charge in [0.2, 0.25) is 0 Å². The Morgan fingerprint density at radius 3 is 2.42 bits per heavy atom. The van der Waals surface area contributed by atoms with Crippen molar-refractivity contribution >= 4 is 11.9 Å². The van der Waals surface area contributed by atoms with E-state index < -0.39 is 12.8 Å². The van der Waals surface area contributed by atoms with Crippen LogP contribution in [0.25, 0.3) is 0 Å². The van der Waals surface area contributed by atoms with Crippen LogP contribution in [0.4, 0.5) is 13.2 Å². The van der Waals surface area contributed by atoms with E-state index in [9.17, 15) is 18.0 Å². The van der Waals surface area contributed by atoms with E-state index >= 15 is 0 Å². The fourth-order valence-electron chi connectivity index (χ4n) is 1.98. The lowest BCUT2D eigenvalue weighted by molar-refractivity contribution is -0.153. The Balaban J connectivity index is 2.29. The molecule has 0 fully saturated rings. The molecule has 0 bridgehead atoms. The Morgan fingerprint density at radius 1 is 1.15 bits per heavy atom. The van der Waals surface area contributed by atoms with Crippen molar-refractivity contribution in [1.82, 2.24) is 10.6 Å². The lowest BCUT2D eigenvalue weighted by Gasteiger charge is -2.12. The molecule has 0 atom stereocenters. The van der Waals surface area contributed by atoms with Crippen molar-refractivity contribution in [2.75, 3.05) is 27.3 Å². The maximum atomic E-state index is 12.1. The standard InChI is InChI=1S/C17H24F3N3O3/c1-21-16(22-10-4-3-5-15(24)25-2)23-11-13-6-8-14(9-7-13)26-12-17(18,19)20/h6-9H,3-5,10-12H2,1-2H3,(H2,21,22,23). The number of guanidine groups is 1. The van der Waals surface area contributed by atoms with E-state index in [1.807, 2.05) is 0 Å². The molecule has 1 aromatic carbocycles. The van der Waals surface area contributed by atoms with Crippen LogP contribution >= 0.6 is 0 Å². The summed E-state index contributed by atoms with van der Waals surface area (Å²) in [5.74, 6) is 0.537. The number of halogens is 3. The summed E-state index contributed by atoms with van der Waals surface area (Å²) in [7, 11) is 3.00. The zero-order valence-corrected chi connectivity index (χ0v) is 14.9. The molecule has 0 saturated heterocycles. The van der Waals surface area contributed by atoms with Crippen molar-refractivity contribution in [3.05, 3.63) is 29.8 Å². The number of alkyl halides is 3. The van der Waals surface area contributed by atoms with Gasteiger partial charge in [0, 0.05) is 26.6 Å². The lowest BCUT2D eigenvalue weighted by atomic mass is 10.2. The van der Waals surface area contributed by atoms with Gasteiger partial charge in [-0.3, -0.25) is 9.79 Å². The van der Waals surface area contributed by atoms with Gasteiger partial charge in [-0.2, -0.15) is 13.2 Å². The number of rotatable bonds is 9. The van der Waals surface area contributed by atoms with Gasteiger partial charge in [0.1, 0.15) is 5.75 Å². The molecule has 0 radical (unpaired) electrons. The van der Waals surface area contributed by atoms with Crippen LogP contribution < -0.4 is 15.4 Å². The highest BCUT2D eigenvalue weighted by Crippen LogP contribution is 2.18. The molecule has 0 aromatic heterocycles. The van der Waals surface area contributed by atoms with Crippen LogP contribution in [0.15, 0.2) is 29.3 Å². The fourth-order valence-corrected chi connectivity index (χ4v) is 1.98. The lowest BCUT2D eigenvalue weighted by Crippen LogP contribution is -2.37. The summed E-state index contributed by atoms with van der Waals surface area (Å²) < 4.78 is 45.5. The molecule has 1 aromatic rings. The van der Waals surface area contributed by atoms with Crippen molar-refractivity contribution in [2.45, 2.75) is 32.0 Å². The summed E-state index contributed by atoms with van der Waals surface area (Å²) in [6.07, 6.45) is -2.46. The van der Waals surface area contributed by atoms with Crippen LogP contribution in [0.3, 0.4) is 0 Å². The number of unbranched alkanes of at least 4 members (excludes halogenated alkanes) is 1. The average molecular weight is 375 g/mol. The van der Waals surface area contributed by atoms with E-state index in [-0.39, 0.29) is 11.7 Å². The molecule has 0 unspecified atom stereocenters. The van der Waals surface area contributed by atoms with Gasteiger partial charge in [-0.1, -0.05) is 12.1 Å².